The molecule has 0 saturated carbocycles. The van der Waals surface area contributed by atoms with Gasteiger partial charge in [0.15, 0.2) is 6.61 Å². The van der Waals surface area contributed by atoms with Gasteiger partial charge in [-0.05, 0) is 53.0 Å². The fraction of sp³-hybridized carbons (Fsp3) is 0.333. The van der Waals surface area contributed by atoms with E-state index in [2.05, 4.69) is 21.2 Å². The van der Waals surface area contributed by atoms with E-state index in [1.54, 1.807) is 30.1 Å². The van der Waals surface area contributed by atoms with Gasteiger partial charge in [-0.25, -0.2) is 0 Å². The Labute approximate surface area is 179 Å². The SMILES string of the molecule is CC[C@H](C(=O)NC)N(Cc1ccc(C)cc1)C(=O)COc1ccc(Cl)cc1Br. The van der Waals surface area contributed by atoms with E-state index in [1.807, 2.05) is 38.1 Å². The molecule has 7 heteroatoms. The Morgan fingerprint density at radius 1 is 1.21 bits per heavy atom. The zero-order chi connectivity index (χ0) is 20.7. The lowest BCUT2D eigenvalue weighted by atomic mass is 10.1. The number of benzene rings is 2. The van der Waals surface area contributed by atoms with E-state index < -0.39 is 6.04 Å². The molecule has 28 heavy (non-hydrogen) atoms. The third kappa shape index (κ3) is 5.97. The van der Waals surface area contributed by atoms with Crippen LogP contribution in [0.1, 0.15) is 24.5 Å². The molecule has 2 amide bonds. The molecule has 0 aliphatic rings. The third-order valence-corrected chi connectivity index (χ3v) is 5.21. The Morgan fingerprint density at radius 3 is 2.46 bits per heavy atom. The number of aryl methyl sites for hydroxylation is 1. The van der Waals surface area contributed by atoms with Crippen molar-refractivity contribution in [3.05, 3.63) is 63.1 Å². The summed E-state index contributed by atoms with van der Waals surface area (Å²) in [5, 5.41) is 3.21. The summed E-state index contributed by atoms with van der Waals surface area (Å²) in [6.07, 6.45) is 0.502. The van der Waals surface area contributed by atoms with E-state index >= 15 is 0 Å². The molecule has 0 bridgehead atoms. The fourth-order valence-corrected chi connectivity index (χ4v) is 3.59. The molecule has 1 N–H and O–H groups in total. The van der Waals surface area contributed by atoms with Crippen molar-refractivity contribution in [2.75, 3.05) is 13.7 Å². The standard InChI is InChI=1S/C21H24BrClN2O3/c1-4-18(21(27)24-3)25(12-15-7-5-14(2)6-8-15)20(26)13-28-19-10-9-16(23)11-17(19)22/h5-11,18H,4,12-13H2,1-3H3,(H,24,27)/t18-/m1/s1. The van der Waals surface area contributed by atoms with Crippen LogP contribution in [0.2, 0.25) is 5.02 Å². The first-order valence-electron chi connectivity index (χ1n) is 9.00. The normalized spacial score (nSPS) is 11.6. The van der Waals surface area contributed by atoms with E-state index in [0.717, 1.165) is 11.1 Å². The highest BCUT2D eigenvalue weighted by Gasteiger charge is 2.28. The lowest BCUT2D eigenvalue weighted by molar-refractivity contribution is -0.142. The molecule has 1 atom stereocenters. The highest BCUT2D eigenvalue weighted by atomic mass is 79.9. The second-order valence-electron chi connectivity index (χ2n) is 6.41. The van der Waals surface area contributed by atoms with Crippen LogP contribution in [0.3, 0.4) is 0 Å². The summed E-state index contributed by atoms with van der Waals surface area (Å²) in [6, 6.07) is 12.4. The van der Waals surface area contributed by atoms with Crippen molar-refractivity contribution in [3.8, 4) is 5.75 Å². The van der Waals surface area contributed by atoms with Crippen molar-refractivity contribution in [2.45, 2.75) is 32.9 Å². The molecule has 0 aliphatic carbocycles. The number of likely N-dealkylation sites (N-methyl/N-ethyl adjacent to an activating group) is 1. The Bertz CT molecular complexity index is 827. The van der Waals surface area contributed by atoms with Crippen LogP contribution in [0.25, 0.3) is 0 Å². The van der Waals surface area contributed by atoms with Gasteiger partial charge in [0.1, 0.15) is 11.8 Å². The minimum absolute atomic E-state index is 0.181. The van der Waals surface area contributed by atoms with Gasteiger partial charge in [-0.1, -0.05) is 48.4 Å². The molecule has 2 rings (SSSR count). The minimum atomic E-state index is -0.573. The Morgan fingerprint density at radius 2 is 1.89 bits per heavy atom. The summed E-state index contributed by atoms with van der Waals surface area (Å²) in [6.45, 7) is 4.03. The smallest absolute Gasteiger partial charge is 0.261 e. The van der Waals surface area contributed by atoms with Crippen LogP contribution in [-0.4, -0.2) is 36.4 Å². The van der Waals surface area contributed by atoms with Crippen LogP contribution < -0.4 is 10.1 Å². The fourth-order valence-electron chi connectivity index (χ4n) is 2.79. The number of carbonyl (C=O) groups excluding carboxylic acids is 2. The van der Waals surface area contributed by atoms with Crippen molar-refractivity contribution in [1.82, 2.24) is 10.2 Å². The van der Waals surface area contributed by atoms with E-state index in [1.165, 1.54) is 0 Å². The van der Waals surface area contributed by atoms with Crippen molar-refractivity contribution in [3.63, 3.8) is 0 Å². The van der Waals surface area contributed by atoms with Gasteiger partial charge in [-0.15, -0.1) is 0 Å². The van der Waals surface area contributed by atoms with Crippen LogP contribution in [0.4, 0.5) is 0 Å². The molecule has 0 radical (unpaired) electrons. The highest BCUT2D eigenvalue weighted by Crippen LogP contribution is 2.28. The number of hydrogen-bond acceptors (Lipinski definition) is 3. The molecular formula is C21H24BrClN2O3. The number of nitrogens with one attached hydrogen (secondary N) is 1. The second kappa shape index (κ2) is 10.5. The second-order valence-corrected chi connectivity index (χ2v) is 7.70. The molecule has 0 heterocycles. The van der Waals surface area contributed by atoms with Gasteiger partial charge in [-0.3, -0.25) is 9.59 Å². The summed E-state index contributed by atoms with van der Waals surface area (Å²) in [5.41, 5.74) is 2.09. The lowest BCUT2D eigenvalue weighted by Gasteiger charge is -2.30. The molecule has 2 aromatic carbocycles. The molecule has 0 fully saturated rings. The monoisotopic (exact) mass is 466 g/mol. The summed E-state index contributed by atoms with van der Waals surface area (Å²) < 4.78 is 6.33. The van der Waals surface area contributed by atoms with Crippen LogP contribution in [0, 0.1) is 6.92 Å². The zero-order valence-corrected chi connectivity index (χ0v) is 18.5. The number of hydrogen-bond donors (Lipinski definition) is 1. The third-order valence-electron chi connectivity index (χ3n) is 4.35. The molecule has 5 nitrogen and oxygen atoms in total. The molecular weight excluding hydrogens is 444 g/mol. The zero-order valence-electron chi connectivity index (χ0n) is 16.2. The number of rotatable bonds is 8. The van der Waals surface area contributed by atoms with Gasteiger partial charge in [0.2, 0.25) is 5.91 Å². The predicted molar refractivity (Wildman–Crippen MR) is 115 cm³/mol. The predicted octanol–water partition coefficient (Wildman–Crippen LogP) is 4.34. The summed E-state index contributed by atoms with van der Waals surface area (Å²) >= 11 is 9.31. The van der Waals surface area contributed by atoms with Crippen molar-refractivity contribution >= 4 is 39.3 Å². The highest BCUT2D eigenvalue weighted by molar-refractivity contribution is 9.10. The number of nitrogens with zero attached hydrogens (tertiary/aromatic N) is 1. The van der Waals surface area contributed by atoms with Crippen LogP contribution in [0.5, 0.6) is 5.75 Å². The van der Waals surface area contributed by atoms with E-state index in [0.29, 0.717) is 28.2 Å². The molecule has 0 aromatic heterocycles. The maximum Gasteiger partial charge on any atom is 0.261 e. The van der Waals surface area contributed by atoms with Crippen molar-refractivity contribution in [1.29, 1.82) is 0 Å². The lowest BCUT2D eigenvalue weighted by Crippen LogP contribution is -2.49. The van der Waals surface area contributed by atoms with Gasteiger partial charge >= 0.3 is 0 Å². The molecule has 2 aromatic rings. The Kier molecular flexibility index (Phi) is 8.33. The molecule has 0 spiro atoms. The first-order valence-corrected chi connectivity index (χ1v) is 10.2. The van der Waals surface area contributed by atoms with Gasteiger partial charge in [-0.2, -0.15) is 0 Å². The average Bonchev–Trinajstić information content (AvgIpc) is 2.68. The Balaban J connectivity index is 2.19. The summed E-state index contributed by atoms with van der Waals surface area (Å²) in [4.78, 5) is 26.9. The maximum absolute atomic E-state index is 13.0. The number of amides is 2. The topological polar surface area (TPSA) is 58.6 Å². The molecule has 150 valence electrons. The van der Waals surface area contributed by atoms with Gasteiger partial charge < -0.3 is 15.0 Å². The van der Waals surface area contributed by atoms with Crippen LogP contribution >= 0.6 is 27.5 Å². The first kappa shape index (κ1) is 22.2. The average molecular weight is 468 g/mol. The minimum Gasteiger partial charge on any atom is -0.483 e. The van der Waals surface area contributed by atoms with Gasteiger partial charge in [0.05, 0.1) is 4.47 Å². The summed E-state index contributed by atoms with van der Waals surface area (Å²) in [5.74, 6) is 0.0505. The molecule has 0 aliphatic heterocycles. The first-order chi connectivity index (χ1) is 13.3. The van der Waals surface area contributed by atoms with Crippen molar-refractivity contribution in [2.24, 2.45) is 0 Å². The van der Waals surface area contributed by atoms with E-state index in [9.17, 15) is 9.59 Å². The van der Waals surface area contributed by atoms with Crippen molar-refractivity contribution < 1.29 is 14.3 Å². The quantitative estimate of drug-likeness (QED) is 0.628. The largest absolute Gasteiger partial charge is 0.483 e. The maximum atomic E-state index is 13.0. The molecule has 0 saturated heterocycles. The van der Waals surface area contributed by atoms with Crippen LogP contribution in [0.15, 0.2) is 46.9 Å². The molecule has 0 unspecified atom stereocenters. The Hall–Kier alpha value is -2.05. The summed E-state index contributed by atoms with van der Waals surface area (Å²) in [7, 11) is 1.57. The van der Waals surface area contributed by atoms with E-state index in [-0.39, 0.29) is 18.4 Å². The van der Waals surface area contributed by atoms with E-state index in [4.69, 9.17) is 16.3 Å². The van der Waals surface area contributed by atoms with Gasteiger partial charge in [0.25, 0.3) is 5.91 Å². The van der Waals surface area contributed by atoms with Crippen LogP contribution in [-0.2, 0) is 16.1 Å². The number of halogens is 2. The van der Waals surface area contributed by atoms with Gasteiger partial charge in [0, 0.05) is 18.6 Å². The number of ether oxygens (including phenoxy) is 1. The number of carbonyl (C=O) groups is 2.